The highest BCUT2D eigenvalue weighted by Crippen LogP contribution is 2.15. The molecule has 0 spiro atoms. The zero-order valence-electron chi connectivity index (χ0n) is 51.8. The van der Waals surface area contributed by atoms with E-state index in [1.807, 2.05) is 0 Å². The summed E-state index contributed by atoms with van der Waals surface area (Å²) in [4.78, 5) is 38.4. The van der Waals surface area contributed by atoms with Crippen molar-refractivity contribution in [3.63, 3.8) is 0 Å². The lowest BCUT2D eigenvalue weighted by molar-refractivity contribution is -0.167. The highest BCUT2D eigenvalue weighted by Gasteiger charge is 2.19. The molecule has 0 saturated carbocycles. The van der Waals surface area contributed by atoms with Crippen molar-refractivity contribution < 1.29 is 28.6 Å². The van der Waals surface area contributed by atoms with E-state index >= 15 is 0 Å². The molecule has 0 aliphatic carbocycles. The maximum absolute atomic E-state index is 12.9. The molecule has 0 radical (unpaired) electrons. The van der Waals surface area contributed by atoms with Gasteiger partial charge < -0.3 is 14.2 Å². The first-order valence-corrected chi connectivity index (χ1v) is 32.8. The topological polar surface area (TPSA) is 78.9 Å². The van der Waals surface area contributed by atoms with Crippen molar-refractivity contribution in [2.45, 2.75) is 290 Å². The van der Waals surface area contributed by atoms with Gasteiger partial charge in [0.05, 0.1) is 0 Å². The molecule has 6 heteroatoms. The van der Waals surface area contributed by atoms with Crippen LogP contribution in [-0.4, -0.2) is 37.2 Å². The van der Waals surface area contributed by atoms with Crippen molar-refractivity contribution in [3.05, 3.63) is 146 Å². The summed E-state index contributed by atoms with van der Waals surface area (Å²) in [6, 6.07) is 0. The molecule has 0 aliphatic heterocycles. The summed E-state index contributed by atoms with van der Waals surface area (Å²) in [5.74, 6) is -0.948. The second kappa shape index (κ2) is 66.8. The lowest BCUT2D eigenvalue weighted by Crippen LogP contribution is -2.30. The molecule has 1 unspecified atom stereocenters. The van der Waals surface area contributed by atoms with E-state index in [2.05, 4.69) is 167 Å². The molecule has 452 valence electrons. The molecule has 0 N–H and O–H groups in total. The highest BCUT2D eigenvalue weighted by atomic mass is 16.6. The summed E-state index contributed by atoms with van der Waals surface area (Å²) in [6.45, 7) is 6.38. The van der Waals surface area contributed by atoms with Crippen LogP contribution in [0.1, 0.15) is 284 Å². The van der Waals surface area contributed by atoms with Crippen LogP contribution >= 0.6 is 0 Å². The van der Waals surface area contributed by atoms with Gasteiger partial charge in [0.2, 0.25) is 0 Å². The standard InChI is InChI=1S/C74H120O6/c1-4-7-10-13-16-19-22-25-28-31-34-36-37-39-40-43-46-49-52-55-58-61-64-67-73(76)79-70-71(69-78-72(75)66-63-60-57-54-51-48-45-42-33-30-27-24-21-18-15-12-9-6-3)80-74(77)68-65-62-59-56-53-50-47-44-41-38-35-32-29-26-23-20-17-14-11-8-5-2/h7-8,10-11,16-17,19-20,25-26,28-30,33-36,38-40,44,46-47,49,71H,4-6,9,12-15,18,21-24,27,31-32,37,41-43,45,48,50-70H2,1-3H3/b10-7-,11-8-,19-16-,20-17-,28-25-,29-26-,33-30-,36-34-,38-35-,40-39-,47-44-,49-46-. The van der Waals surface area contributed by atoms with Crippen LogP contribution in [0.3, 0.4) is 0 Å². The highest BCUT2D eigenvalue weighted by molar-refractivity contribution is 5.71. The van der Waals surface area contributed by atoms with Gasteiger partial charge in [-0.25, -0.2) is 0 Å². The van der Waals surface area contributed by atoms with Gasteiger partial charge in [-0.1, -0.05) is 269 Å². The van der Waals surface area contributed by atoms with Gasteiger partial charge >= 0.3 is 17.9 Å². The largest absolute Gasteiger partial charge is 0.462 e. The molecule has 0 rings (SSSR count). The lowest BCUT2D eigenvalue weighted by atomic mass is 10.1. The summed E-state index contributed by atoms with van der Waals surface area (Å²) in [5.41, 5.74) is 0. The predicted molar refractivity (Wildman–Crippen MR) is 348 cm³/mol. The molecule has 0 saturated heterocycles. The fraction of sp³-hybridized carbons (Fsp3) is 0.635. The number of ether oxygens (including phenoxy) is 3. The number of hydrogen-bond acceptors (Lipinski definition) is 6. The zero-order chi connectivity index (χ0) is 57.8. The number of allylic oxidation sites excluding steroid dienone is 24. The van der Waals surface area contributed by atoms with Crippen LogP contribution in [0, 0.1) is 0 Å². The van der Waals surface area contributed by atoms with E-state index < -0.39 is 6.10 Å². The predicted octanol–water partition coefficient (Wildman–Crippen LogP) is 22.7. The number of unbranched alkanes of at least 4 members (excludes halogenated alkanes) is 23. The molecule has 0 aromatic rings. The Morgan fingerprint density at radius 2 is 0.487 bits per heavy atom. The minimum Gasteiger partial charge on any atom is -0.462 e. The summed E-state index contributed by atoms with van der Waals surface area (Å²) >= 11 is 0. The van der Waals surface area contributed by atoms with Crippen molar-refractivity contribution in [3.8, 4) is 0 Å². The summed E-state index contributed by atoms with van der Waals surface area (Å²) in [7, 11) is 0. The molecule has 0 bridgehead atoms. The molecule has 80 heavy (non-hydrogen) atoms. The minimum absolute atomic E-state index is 0.101. The van der Waals surface area contributed by atoms with E-state index in [1.54, 1.807) is 0 Å². The third-order valence-electron chi connectivity index (χ3n) is 13.6. The lowest BCUT2D eigenvalue weighted by Gasteiger charge is -2.18. The minimum atomic E-state index is -0.810. The monoisotopic (exact) mass is 1100 g/mol. The Labute approximate surface area is 493 Å². The first-order valence-electron chi connectivity index (χ1n) is 32.8. The van der Waals surface area contributed by atoms with Crippen molar-refractivity contribution in [2.24, 2.45) is 0 Å². The average molecular weight is 1110 g/mol. The first kappa shape index (κ1) is 75.3. The van der Waals surface area contributed by atoms with Crippen molar-refractivity contribution >= 4 is 17.9 Å². The molecule has 0 aliphatic rings. The van der Waals surface area contributed by atoms with E-state index in [-0.39, 0.29) is 31.1 Å². The van der Waals surface area contributed by atoms with E-state index in [0.717, 1.165) is 161 Å². The number of hydrogen-bond donors (Lipinski definition) is 0. The fourth-order valence-electron chi connectivity index (χ4n) is 8.70. The van der Waals surface area contributed by atoms with E-state index in [0.29, 0.717) is 19.3 Å². The summed E-state index contributed by atoms with van der Waals surface area (Å²) in [5, 5.41) is 0. The van der Waals surface area contributed by atoms with E-state index in [1.165, 1.54) is 83.5 Å². The molecular formula is C74H120O6. The van der Waals surface area contributed by atoms with Gasteiger partial charge in [0.1, 0.15) is 13.2 Å². The maximum atomic E-state index is 12.9. The summed E-state index contributed by atoms with van der Waals surface area (Å²) < 4.78 is 16.9. The van der Waals surface area contributed by atoms with Gasteiger partial charge in [0.15, 0.2) is 6.10 Å². The second-order valence-corrected chi connectivity index (χ2v) is 21.3. The number of carbonyl (C=O) groups excluding carboxylic acids is 3. The Hall–Kier alpha value is -4.71. The molecule has 0 fully saturated rings. The third kappa shape index (κ3) is 64.1. The van der Waals surface area contributed by atoms with Crippen LogP contribution in [0.15, 0.2) is 146 Å². The van der Waals surface area contributed by atoms with Crippen molar-refractivity contribution in [1.29, 1.82) is 0 Å². The van der Waals surface area contributed by atoms with Crippen LogP contribution in [0.25, 0.3) is 0 Å². The Bertz CT molecular complexity index is 1750. The van der Waals surface area contributed by atoms with Gasteiger partial charge in [-0.05, 0) is 141 Å². The maximum Gasteiger partial charge on any atom is 0.306 e. The fourth-order valence-corrected chi connectivity index (χ4v) is 8.70. The van der Waals surface area contributed by atoms with Crippen molar-refractivity contribution in [1.82, 2.24) is 0 Å². The average Bonchev–Trinajstić information content (AvgIpc) is 3.46. The molecule has 1 atom stereocenters. The molecular weight excluding hydrogens is 985 g/mol. The second-order valence-electron chi connectivity index (χ2n) is 21.3. The molecule has 0 aromatic heterocycles. The Kier molecular flexibility index (Phi) is 62.9. The van der Waals surface area contributed by atoms with Crippen LogP contribution in [0.4, 0.5) is 0 Å². The molecule has 0 aromatic carbocycles. The number of esters is 3. The van der Waals surface area contributed by atoms with Gasteiger partial charge in [-0.2, -0.15) is 0 Å². The number of rotatable bonds is 58. The van der Waals surface area contributed by atoms with E-state index in [9.17, 15) is 14.4 Å². The Morgan fingerprint density at radius 1 is 0.263 bits per heavy atom. The van der Waals surface area contributed by atoms with Gasteiger partial charge in [0.25, 0.3) is 0 Å². The normalized spacial score (nSPS) is 13.1. The first-order chi connectivity index (χ1) is 39.5. The zero-order valence-corrected chi connectivity index (χ0v) is 51.8. The van der Waals surface area contributed by atoms with E-state index in [4.69, 9.17) is 14.2 Å². The molecule has 0 heterocycles. The van der Waals surface area contributed by atoms with Crippen LogP contribution < -0.4 is 0 Å². The van der Waals surface area contributed by atoms with Crippen molar-refractivity contribution in [2.75, 3.05) is 13.2 Å². The summed E-state index contributed by atoms with van der Waals surface area (Å²) in [6.07, 6.45) is 95.6. The molecule has 6 nitrogen and oxygen atoms in total. The SMILES string of the molecule is CC/C=C\C/C=C\C/C=C\C/C=C\C/C=C\C/C=C\CCCCCCC(=O)OCC(COC(=O)CCCCCCCCC/C=C\CCCCCCCCC)OC(=O)CCCCCCC/C=C\C/C=C\C/C=C\C/C=C\C/C=C\CC. The smallest absolute Gasteiger partial charge is 0.306 e. The van der Waals surface area contributed by atoms with Crippen LogP contribution in [-0.2, 0) is 28.6 Å². The van der Waals surface area contributed by atoms with Gasteiger partial charge in [0, 0.05) is 19.3 Å². The van der Waals surface area contributed by atoms with Crippen LogP contribution in [0.2, 0.25) is 0 Å². The Balaban J connectivity index is 4.51. The Morgan fingerprint density at radius 3 is 0.775 bits per heavy atom. The quantitative estimate of drug-likeness (QED) is 0.0261. The third-order valence-corrected chi connectivity index (χ3v) is 13.6. The van der Waals surface area contributed by atoms with Gasteiger partial charge in [-0.3, -0.25) is 14.4 Å². The number of carbonyl (C=O) groups is 3. The molecule has 0 amide bonds. The van der Waals surface area contributed by atoms with Gasteiger partial charge in [-0.15, -0.1) is 0 Å². The van der Waals surface area contributed by atoms with Crippen LogP contribution in [0.5, 0.6) is 0 Å².